The summed E-state index contributed by atoms with van der Waals surface area (Å²) in [7, 11) is 0. The number of halogens is 10. The second kappa shape index (κ2) is 13.7. The number of aromatic nitrogens is 2. The normalized spacial score (nSPS) is 12.0. The molecule has 4 nitrogen and oxygen atoms in total. The third kappa shape index (κ3) is 5.83. The minimum atomic E-state index is -2.36. The molecule has 4 heterocycles. The molecule has 296 valence electrons. The fourth-order valence-corrected chi connectivity index (χ4v) is 11.0. The highest BCUT2D eigenvalue weighted by Gasteiger charge is 2.32. The van der Waals surface area contributed by atoms with Gasteiger partial charge in [0.1, 0.15) is 21.1 Å². The largest absolute Gasteiger partial charge is 0.288 e. The van der Waals surface area contributed by atoms with Crippen LogP contribution in [0.25, 0.3) is 71.1 Å². The predicted octanol–water partition coefficient (Wildman–Crippen LogP) is 13.7. The SMILES string of the molecule is O=C(c1ccc2cc(-c3nc4cc5cc6sc(-c7cc8ccc(C(=O)c9c(F)c(F)c(F)c(F)c9F)cc8s7)nc6cc5cc4s3)sc2c1)c1c(F)c(F)c(F)c(F)c1F. The van der Waals surface area contributed by atoms with Gasteiger partial charge in [-0.1, -0.05) is 24.3 Å². The predicted molar refractivity (Wildman–Crippen MR) is 211 cm³/mol. The molecule has 4 aromatic heterocycles. The summed E-state index contributed by atoms with van der Waals surface area (Å²) < 4.78 is 143. The molecule has 10 rings (SSSR count). The van der Waals surface area contributed by atoms with Gasteiger partial charge in [-0.05, 0) is 70.1 Å². The van der Waals surface area contributed by atoms with E-state index in [0.717, 1.165) is 20.2 Å². The Labute approximate surface area is 343 Å². The lowest BCUT2D eigenvalue weighted by atomic mass is 10.0. The Hall–Kier alpha value is -6.08. The zero-order chi connectivity index (χ0) is 42.0. The van der Waals surface area contributed by atoms with Crippen molar-refractivity contribution in [1.29, 1.82) is 0 Å². The fraction of sp³-hybridized carbons (Fsp3) is 0. The van der Waals surface area contributed by atoms with E-state index in [4.69, 9.17) is 9.97 Å². The second-order valence-corrected chi connectivity index (χ2v) is 17.5. The Morgan fingerprint density at radius 2 is 0.717 bits per heavy atom. The topological polar surface area (TPSA) is 59.9 Å². The lowest BCUT2D eigenvalue weighted by molar-refractivity contribution is 0.102. The van der Waals surface area contributed by atoms with E-state index in [9.17, 15) is 53.5 Å². The van der Waals surface area contributed by atoms with Crippen LogP contribution in [-0.4, -0.2) is 21.5 Å². The number of hydrogen-bond acceptors (Lipinski definition) is 8. The molecule has 0 fully saturated rings. The summed E-state index contributed by atoms with van der Waals surface area (Å²) in [5.74, 6) is -25.1. The van der Waals surface area contributed by atoms with Crippen molar-refractivity contribution >= 4 is 108 Å². The quantitative estimate of drug-likeness (QED) is 0.0722. The minimum absolute atomic E-state index is 0.267. The standard InChI is InChI=1S/C42H12F10N2O2S4/c43-29-27(30(44)34(48)37(51)33(29)47)39(55)15-3-1-13-7-25(57-21(13)9-15)41-53-19-5-17-12-24-20(6-18(17)11-23(19)59-41)54-42(60-24)26-8-14-2-4-16(10-22(14)58-26)40(56)28-31(45)35(49)38(52)36(50)32(28)46/h1-12H. The average Bonchev–Trinajstić information content (AvgIpc) is 4.05. The van der Waals surface area contributed by atoms with Crippen LogP contribution < -0.4 is 0 Å². The van der Waals surface area contributed by atoms with Crippen LogP contribution in [0.1, 0.15) is 31.8 Å². The Morgan fingerprint density at radius 1 is 0.367 bits per heavy atom. The smallest absolute Gasteiger partial charge is 0.200 e. The number of carbonyl (C=O) groups excluding carboxylic acids is 2. The van der Waals surface area contributed by atoms with Gasteiger partial charge in [0.2, 0.25) is 11.6 Å². The number of benzene rings is 6. The lowest BCUT2D eigenvalue weighted by Gasteiger charge is -2.07. The van der Waals surface area contributed by atoms with E-state index in [1.165, 1.54) is 81.7 Å². The Bertz CT molecular complexity index is 3220. The van der Waals surface area contributed by atoms with Gasteiger partial charge in [-0.15, -0.1) is 45.3 Å². The van der Waals surface area contributed by atoms with Crippen molar-refractivity contribution in [3.63, 3.8) is 0 Å². The van der Waals surface area contributed by atoms with Gasteiger partial charge in [-0.2, -0.15) is 0 Å². The van der Waals surface area contributed by atoms with Crippen molar-refractivity contribution in [3.8, 4) is 19.8 Å². The Balaban J connectivity index is 0.943. The van der Waals surface area contributed by atoms with E-state index >= 15 is 0 Å². The first-order chi connectivity index (χ1) is 28.7. The first-order valence-electron chi connectivity index (χ1n) is 17.0. The molecule has 0 saturated heterocycles. The summed E-state index contributed by atoms with van der Waals surface area (Å²) in [6.45, 7) is 0. The third-order valence-electron chi connectivity index (χ3n) is 9.71. The number of fused-ring (bicyclic) bond motifs is 5. The number of thiophene rings is 2. The van der Waals surface area contributed by atoms with Crippen molar-refractivity contribution in [2.45, 2.75) is 0 Å². The van der Waals surface area contributed by atoms with Gasteiger partial charge in [0, 0.05) is 20.5 Å². The van der Waals surface area contributed by atoms with Crippen LogP contribution in [0.2, 0.25) is 0 Å². The maximum atomic E-state index is 14.4. The molecule has 60 heavy (non-hydrogen) atoms. The molecular weight excluding hydrogens is 883 g/mol. The van der Waals surface area contributed by atoms with E-state index in [-0.39, 0.29) is 11.1 Å². The van der Waals surface area contributed by atoms with Crippen LogP contribution in [0, 0.1) is 58.2 Å². The molecule has 0 aliphatic heterocycles. The average molecular weight is 895 g/mol. The first-order valence-corrected chi connectivity index (χ1v) is 20.3. The number of carbonyl (C=O) groups is 2. The summed E-state index contributed by atoms with van der Waals surface area (Å²) in [6.07, 6.45) is 0. The lowest BCUT2D eigenvalue weighted by Crippen LogP contribution is -2.13. The highest BCUT2D eigenvalue weighted by Crippen LogP contribution is 2.42. The molecule has 18 heteroatoms. The van der Waals surface area contributed by atoms with Crippen molar-refractivity contribution < 1.29 is 53.5 Å². The third-order valence-corrected chi connectivity index (χ3v) is 14.3. The molecule has 0 bridgehead atoms. The zero-order valence-electron chi connectivity index (χ0n) is 29.1. The maximum Gasteiger partial charge on any atom is 0.200 e. The molecule has 0 aliphatic carbocycles. The van der Waals surface area contributed by atoms with Crippen LogP contribution in [0.15, 0.2) is 72.8 Å². The van der Waals surface area contributed by atoms with E-state index < -0.39 is 80.9 Å². The molecule has 6 aromatic carbocycles. The zero-order valence-corrected chi connectivity index (χ0v) is 32.3. The molecule has 0 aliphatic rings. The Kier molecular flexibility index (Phi) is 8.73. The molecule has 0 radical (unpaired) electrons. The van der Waals surface area contributed by atoms with Gasteiger partial charge in [-0.3, -0.25) is 9.59 Å². The van der Waals surface area contributed by atoms with Crippen molar-refractivity contribution in [2.75, 3.05) is 0 Å². The van der Waals surface area contributed by atoms with Crippen LogP contribution in [0.5, 0.6) is 0 Å². The molecule has 0 spiro atoms. The number of thiazole rings is 2. The molecular formula is C42H12F10N2O2S4. The molecule has 0 N–H and O–H groups in total. The maximum absolute atomic E-state index is 14.4. The van der Waals surface area contributed by atoms with E-state index in [1.807, 2.05) is 36.4 Å². The second-order valence-electron chi connectivity index (χ2n) is 13.3. The fourth-order valence-electron chi connectivity index (χ4n) is 6.76. The van der Waals surface area contributed by atoms with Gasteiger partial charge < -0.3 is 0 Å². The van der Waals surface area contributed by atoms with Gasteiger partial charge in [-0.25, -0.2) is 53.9 Å². The van der Waals surface area contributed by atoms with Crippen LogP contribution in [-0.2, 0) is 0 Å². The molecule has 0 amide bonds. The molecule has 0 atom stereocenters. The highest BCUT2D eigenvalue weighted by atomic mass is 32.1. The Morgan fingerprint density at radius 3 is 1.08 bits per heavy atom. The van der Waals surface area contributed by atoms with Crippen LogP contribution in [0.4, 0.5) is 43.9 Å². The van der Waals surface area contributed by atoms with Gasteiger partial charge in [0.05, 0.1) is 30.2 Å². The number of nitrogens with zero attached hydrogens (tertiary/aromatic N) is 2. The van der Waals surface area contributed by atoms with Crippen LogP contribution >= 0.6 is 45.3 Å². The monoisotopic (exact) mass is 894 g/mol. The van der Waals surface area contributed by atoms with Gasteiger partial charge in [0.25, 0.3) is 0 Å². The summed E-state index contributed by atoms with van der Waals surface area (Å²) in [6, 6.07) is 19.5. The van der Waals surface area contributed by atoms with E-state index in [0.29, 0.717) is 51.0 Å². The molecule has 0 saturated carbocycles. The summed E-state index contributed by atoms with van der Waals surface area (Å²) in [5.41, 5.74) is -2.24. The summed E-state index contributed by atoms with van der Waals surface area (Å²) in [5, 5.41) is 4.32. The van der Waals surface area contributed by atoms with Gasteiger partial charge >= 0.3 is 0 Å². The number of ketones is 2. The molecule has 10 aromatic rings. The highest BCUT2D eigenvalue weighted by molar-refractivity contribution is 7.28. The van der Waals surface area contributed by atoms with E-state index in [2.05, 4.69) is 0 Å². The minimum Gasteiger partial charge on any atom is -0.288 e. The first kappa shape index (κ1) is 38.1. The van der Waals surface area contributed by atoms with E-state index in [1.54, 1.807) is 0 Å². The van der Waals surface area contributed by atoms with Crippen molar-refractivity contribution in [3.05, 3.63) is 153 Å². The molecule has 0 unspecified atom stereocenters. The number of rotatable bonds is 6. The van der Waals surface area contributed by atoms with Crippen molar-refractivity contribution in [1.82, 2.24) is 9.97 Å². The number of hydrogen-bond donors (Lipinski definition) is 0. The van der Waals surface area contributed by atoms with Gasteiger partial charge in [0.15, 0.2) is 58.1 Å². The summed E-state index contributed by atoms with van der Waals surface area (Å²) in [4.78, 5) is 37.0. The van der Waals surface area contributed by atoms with Crippen LogP contribution in [0.3, 0.4) is 0 Å². The summed E-state index contributed by atoms with van der Waals surface area (Å²) >= 11 is 5.24. The van der Waals surface area contributed by atoms with Crippen molar-refractivity contribution in [2.24, 2.45) is 0 Å².